The Morgan fingerprint density at radius 1 is 0.721 bits per heavy atom. The summed E-state index contributed by atoms with van der Waals surface area (Å²) in [5, 5.41) is 0. The van der Waals surface area contributed by atoms with Crippen LogP contribution in [-0.4, -0.2) is 79.8 Å². The van der Waals surface area contributed by atoms with Gasteiger partial charge in [0.1, 0.15) is 11.5 Å². The van der Waals surface area contributed by atoms with E-state index < -0.39 is 27.4 Å². The molecule has 0 amide bonds. The number of rotatable bonds is 32. The van der Waals surface area contributed by atoms with E-state index in [1.807, 2.05) is 0 Å². The van der Waals surface area contributed by atoms with Gasteiger partial charge in [-0.15, -0.1) is 0 Å². The average molecular weight is 649 g/mol. The van der Waals surface area contributed by atoms with Crippen LogP contribution in [0.15, 0.2) is 18.5 Å². The van der Waals surface area contributed by atoms with Crippen molar-refractivity contribution in [2.24, 2.45) is 0 Å². The molecule has 0 N–H and O–H groups in total. The molecule has 2 unspecified atom stereocenters. The van der Waals surface area contributed by atoms with Crippen molar-refractivity contribution in [3.8, 4) is 6.01 Å². The minimum absolute atomic E-state index is 0.102. The average Bonchev–Trinajstić information content (AvgIpc) is 2.97. The monoisotopic (exact) mass is 648 g/mol. The topological polar surface area (TPSA) is 120 Å². The van der Waals surface area contributed by atoms with E-state index in [-0.39, 0.29) is 12.6 Å². The Kier molecular flexibility index (Phi) is 26.5. The molecule has 11 heteroatoms. The van der Waals surface area contributed by atoms with Crippen LogP contribution < -0.4 is 4.74 Å². The molecular weight excluding hydrogens is 588 g/mol. The number of hydrogen-bond donors (Lipinski definition) is 0. The summed E-state index contributed by atoms with van der Waals surface area (Å²) in [6, 6.07) is 1.98. The van der Waals surface area contributed by atoms with Gasteiger partial charge in [0.2, 0.25) is 0 Å². The number of aromatic nitrogens is 2. The fourth-order valence-electron chi connectivity index (χ4n) is 4.66. The molecule has 0 aliphatic carbocycles. The second-order valence-corrected chi connectivity index (χ2v) is 14.6. The van der Waals surface area contributed by atoms with Gasteiger partial charge in [0.05, 0.1) is 26.1 Å². The summed E-state index contributed by atoms with van der Waals surface area (Å²) >= 11 is -1.11. The lowest BCUT2D eigenvalue weighted by Gasteiger charge is -2.20. The Balaban J connectivity index is 2.07. The summed E-state index contributed by atoms with van der Waals surface area (Å²) in [7, 11) is -3.42. The zero-order valence-electron chi connectivity index (χ0n) is 27.1. The van der Waals surface area contributed by atoms with E-state index in [9.17, 15) is 13.0 Å². The zero-order valence-corrected chi connectivity index (χ0v) is 28.7. The molecule has 0 aliphatic heterocycles. The van der Waals surface area contributed by atoms with Crippen LogP contribution in [0.3, 0.4) is 0 Å². The minimum Gasteiger partial charge on any atom is -0.616 e. The van der Waals surface area contributed by atoms with Crippen LogP contribution in [0.25, 0.3) is 0 Å². The van der Waals surface area contributed by atoms with Crippen molar-refractivity contribution >= 4 is 21.3 Å². The molecule has 1 heterocycles. The zero-order chi connectivity index (χ0) is 31.3. The summed E-state index contributed by atoms with van der Waals surface area (Å²) < 4.78 is 56.5. The van der Waals surface area contributed by atoms with Gasteiger partial charge >= 0.3 is 6.01 Å². The van der Waals surface area contributed by atoms with E-state index in [0.29, 0.717) is 50.8 Å². The highest BCUT2D eigenvalue weighted by Gasteiger charge is 2.20. The van der Waals surface area contributed by atoms with Crippen molar-refractivity contribution in [3.05, 3.63) is 18.5 Å². The molecule has 0 saturated heterocycles. The summed E-state index contributed by atoms with van der Waals surface area (Å²) in [6.07, 6.45) is 26.4. The fourth-order valence-corrected chi connectivity index (χ4v) is 6.27. The summed E-state index contributed by atoms with van der Waals surface area (Å²) in [5.41, 5.74) is 0. The van der Waals surface area contributed by atoms with Crippen molar-refractivity contribution < 1.29 is 31.4 Å². The van der Waals surface area contributed by atoms with Crippen LogP contribution >= 0.6 is 0 Å². The van der Waals surface area contributed by atoms with Gasteiger partial charge in [-0.25, -0.2) is 9.97 Å². The molecule has 1 aromatic rings. The Morgan fingerprint density at radius 2 is 1.23 bits per heavy atom. The lowest BCUT2D eigenvalue weighted by atomic mass is 10.0. The summed E-state index contributed by atoms with van der Waals surface area (Å²) in [4.78, 5) is 8.25. The van der Waals surface area contributed by atoms with Gasteiger partial charge < -0.3 is 18.8 Å². The maximum atomic E-state index is 12.7. The van der Waals surface area contributed by atoms with Gasteiger partial charge in [0.25, 0.3) is 10.1 Å². The summed E-state index contributed by atoms with van der Waals surface area (Å²) in [5.74, 6) is 0.813. The number of ether oxygens (including phenoxy) is 3. The molecule has 1 aromatic heterocycles. The van der Waals surface area contributed by atoms with E-state index >= 15 is 0 Å². The Morgan fingerprint density at radius 3 is 1.79 bits per heavy atom. The van der Waals surface area contributed by atoms with Crippen LogP contribution in [0.5, 0.6) is 6.01 Å². The highest BCUT2D eigenvalue weighted by molar-refractivity contribution is 7.91. The van der Waals surface area contributed by atoms with Crippen molar-refractivity contribution in [1.82, 2.24) is 9.97 Å². The molecule has 1 rings (SSSR count). The lowest BCUT2D eigenvalue weighted by molar-refractivity contribution is 0.0534. The molecule has 0 spiro atoms. The third-order valence-electron chi connectivity index (χ3n) is 7.02. The first kappa shape index (κ1) is 40.0. The predicted molar refractivity (Wildman–Crippen MR) is 176 cm³/mol. The van der Waals surface area contributed by atoms with E-state index in [4.69, 9.17) is 14.2 Å². The number of hydrogen-bond acceptors (Lipinski definition) is 9. The number of unbranched alkanes of at least 4 members (excludes halogenated alkanes) is 15. The normalized spacial score (nSPS) is 13.3. The quantitative estimate of drug-likeness (QED) is 0.0461. The number of nitrogens with zero attached hydrogens (tertiary/aromatic N) is 2. The van der Waals surface area contributed by atoms with Gasteiger partial charge in [-0.05, 0) is 30.1 Å². The van der Waals surface area contributed by atoms with E-state index in [1.165, 1.54) is 89.9 Å². The van der Waals surface area contributed by atoms with Crippen molar-refractivity contribution in [3.63, 3.8) is 0 Å². The fraction of sp³-hybridized carbons (Fsp3) is 0.875. The molecule has 9 nitrogen and oxygen atoms in total. The first-order chi connectivity index (χ1) is 20.9. The third kappa shape index (κ3) is 28.2. The molecular formula is C32H60N2O7S2. The largest absolute Gasteiger partial charge is 0.616 e. The van der Waals surface area contributed by atoms with Crippen molar-refractivity contribution in [1.29, 1.82) is 0 Å². The summed E-state index contributed by atoms with van der Waals surface area (Å²) in [6.45, 7) is 4.23. The molecule has 252 valence electrons. The van der Waals surface area contributed by atoms with Gasteiger partial charge in [-0.2, -0.15) is 8.42 Å². The minimum atomic E-state index is -3.42. The first-order valence-electron chi connectivity index (χ1n) is 16.7. The van der Waals surface area contributed by atoms with Gasteiger partial charge in [-0.3, -0.25) is 4.18 Å². The van der Waals surface area contributed by atoms with E-state index in [2.05, 4.69) is 21.1 Å². The van der Waals surface area contributed by atoms with Crippen LogP contribution in [0, 0.1) is 0 Å². The Labute approximate surface area is 265 Å². The smallest absolute Gasteiger partial charge is 0.316 e. The molecule has 0 bridgehead atoms. The molecule has 0 aromatic carbocycles. The third-order valence-corrected chi connectivity index (χ3v) is 9.11. The Hall–Kier alpha value is -0.980. The SMILES string of the molecule is CCCCCCCCCCCCCCCCCCOCC(C[S+]([O-])CCCOCCCOS(C)(=O)=O)Oc1ncccn1. The molecule has 0 radical (unpaired) electrons. The van der Waals surface area contributed by atoms with Crippen LogP contribution in [0.4, 0.5) is 0 Å². The first-order valence-corrected chi connectivity index (χ1v) is 20.0. The molecule has 0 fully saturated rings. The van der Waals surface area contributed by atoms with Crippen LogP contribution in [0.2, 0.25) is 0 Å². The highest BCUT2D eigenvalue weighted by Crippen LogP contribution is 2.14. The maximum absolute atomic E-state index is 12.7. The van der Waals surface area contributed by atoms with E-state index in [0.717, 1.165) is 19.1 Å². The van der Waals surface area contributed by atoms with Gasteiger partial charge in [0.15, 0.2) is 6.10 Å². The maximum Gasteiger partial charge on any atom is 0.316 e. The molecule has 0 aliphatic rings. The van der Waals surface area contributed by atoms with Crippen LogP contribution in [0.1, 0.15) is 122 Å². The molecule has 43 heavy (non-hydrogen) atoms. The van der Waals surface area contributed by atoms with Crippen molar-refractivity contribution in [2.45, 2.75) is 129 Å². The van der Waals surface area contributed by atoms with Crippen LogP contribution in [-0.2, 0) is 35.0 Å². The van der Waals surface area contributed by atoms with Gasteiger partial charge in [-0.1, -0.05) is 103 Å². The molecule has 2 atom stereocenters. The van der Waals surface area contributed by atoms with E-state index in [1.54, 1.807) is 18.5 Å². The highest BCUT2D eigenvalue weighted by atomic mass is 32.2. The second kappa shape index (κ2) is 28.5. The second-order valence-electron chi connectivity index (χ2n) is 11.3. The lowest BCUT2D eigenvalue weighted by Crippen LogP contribution is -2.33. The van der Waals surface area contributed by atoms with Gasteiger partial charge in [0, 0.05) is 32.0 Å². The Bertz CT molecular complexity index is 834. The standard InChI is InChI=1S/C32H60N2O7S2/c1-3-4-5-6-7-8-9-10-11-12-13-14-15-16-17-18-24-39-29-31(41-32-33-22-19-23-34-32)30-42(35)28-21-26-38-25-20-27-40-43(2,36)37/h19,22-23,31H,3-18,20-21,24-30H2,1-2H3. The van der Waals surface area contributed by atoms with Crippen molar-refractivity contribution in [2.75, 3.05) is 50.8 Å². The molecule has 0 saturated carbocycles. The predicted octanol–water partition coefficient (Wildman–Crippen LogP) is 7.02.